The maximum atomic E-state index is 12.0. The summed E-state index contributed by atoms with van der Waals surface area (Å²) < 4.78 is 4.98. The number of rotatable bonds is 5. The van der Waals surface area contributed by atoms with Gasteiger partial charge in [-0.15, -0.1) is 0 Å². The van der Waals surface area contributed by atoms with Crippen LogP contribution in [0.25, 0.3) is 0 Å². The maximum Gasteiger partial charge on any atom is 0.326 e. The topological polar surface area (TPSA) is 66.8 Å². The molecule has 5 heteroatoms. The molecule has 1 N–H and O–H groups in total. The van der Waals surface area contributed by atoms with Crippen LogP contribution in [0.4, 0.5) is 0 Å². The number of carbonyl (C=O) groups is 2. The third-order valence-electron chi connectivity index (χ3n) is 3.25. The lowest BCUT2D eigenvalue weighted by Crippen LogP contribution is -2.43. The number of carboxylic acids is 1. The van der Waals surface area contributed by atoms with Crippen LogP contribution in [0.3, 0.4) is 0 Å². The zero-order valence-electron chi connectivity index (χ0n) is 10.7. The van der Waals surface area contributed by atoms with Crippen molar-refractivity contribution in [3.63, 3.8) is 0 Å². The Kier molecular flexibility index (Phi) is 4.93. The van der Waals surface area contributed by atoms with Crippen LogP contribution in [0.15, 0.2) is 0 Å². The SMILES string of the molecule is COCC(C)CC(=O)N1CCC(C)C1C(=O)O. The highest BCUT2D eigenvalue weighted by atomic mass is 16.5. The Balaban J connectivity index is 2.59. The molecule has 1 rings (SSSR count). The second-order valence-corrected chi connectivity index (χ2v) is 4.90. The summed E-state index contributed by atoms with van der Waals surface area (Å²) in [5.74, 6) is -0.818. The summed E-state index contributed by atoms with van der Waals surface area (Å²) in [5.41, 5.74) is 0. The van der Waals surface area contributed by atoms with Crippen molar-refractivity contribution in [2.45, 2.75) is 32.7 Å². The predicted octanol–water partition coefficient (Wildman–Crippen LogP) is 0.981. The molecule has 0 saturated carbocycles. The minimum absolute atomic E-state index is 0.0363. The molecule has 1 fully saturated rings. The van der Waals surface area contributed by atoms with Gasteiger partial charge in [0.05, 0.1) is 0 Å². The minimum Gasteiger partial charge on any atom is -0.480 e. The summed E-state index contributed by atoms with van der Waals surface area (Å²) in [5, 5.41) is 9.12. The zero-order chi connectivity index (χ0) is 13.0. The number of nitrogens with zero attached hydrogens (tertiary/aromatic N) is 1. The average molecular weight is 243 g/mol. The van der Waals surface area contributed by atoms with Gasteiger partial charge in [0.2, 0.25) is 5.91 Å². The van der Waals surface area contributed by atoms with E-state index < -0.39 is 12.0 Å². The summed E-state index contributed by atoms with van der Waals surface area (Å²) in [4.78, 5) is 24.6. The van der Waals surface area contributed by atoms with Crippen molar-refractivity contribution in [1.82, 2.24) is 4.90 Å². The highest BCUT2D eigenvalue weighted by Crippen LogP contribution is 2.25. The molecule has 5 nitrogen and oxygen atoms in total. The van der Waals surface area contributed by atoms with Crippen LogP contribution in [0.2, 0.25) is 0 Å². The Bertz CT molecular complexity index is 292. The monoisotopic (exact) mass is 243 g/mol. The van der Waals surface area contributed by atoms with E-state index in [1.165, 1.54) is 4.90 Å². The lowest BCUT2D eigenvalue weighted by molar-refractivity contribution is -0.149. The van der Waals surface area contributed by atoms with E-state index in [0.717, 1.165) is 6.42 Å². The highest BCUT2D eigenvalue weighted by molar-refractivity contribution is 5.84. The molecule has 0 aromatic carbocycles. The summed E-state index contributed by atoms with van der Waals surface area (Å²) in [7, 11) is 1.60. The number of carboxylic acid groups (broad SMARTS) is 1. The van der Waals surface area contributed by atoms with Gasteiger partial charge in [-0.1, -0.05) is 13.8 Å². The third-order valence-corrected chi connectivity index (χ3v) is 3.25. The molecular weight excluding hydrogens is 222 g/mol. The van der Waals surface area contributed by atoms with Crippen LogP contribution < -0.4 is 0 Å². The molecule has 17 heavy (non-hydrogen) atoms. The van der Waals surface area contributed by atoms with Gasteiger partial charge in [-0.3, -0.25) is 4.79 Å². The number of carbonyl (C=O) groups excluding carboxylic acids is 1. The fraction of sp³-hybridized carbons (Fsp3) is 0.833. The fourth-order valence-electron chi connectivity index (χ4n) is 2.36. The molecule has 1 amide bonds. The fourth-order valence-corrected chi connectivity index (χ4v) is 2.36. The standard InChI is InChI=1S/C12H21NO4/c1-8(7-17-3)6-10(14)13-5-4-9(2)11(13)12(15)16/h8-9,11H,4-7H2,1-3H3,(H,15,16). The van der Waals surface area contributed by atoms with E-state index in [1.807, 2.05) is 13.8 Å². The molecule has 1 aliphatic heterocycles. The number of hydrogen-bond acceptors (Lipinski definition) is 3. The average Bonchev–Trinajstić information content (AvgIpc) is 2.60. The number of methoxy groups -OCH3 is 1. The molecule has 0 aromatic rings. The van der Waals surface area contributed by atoms with Gasteiger partial charge in [-0.25, -0.2) is 4.79 Å². The molecule has 3 atom stereocenters. The Hall–Kier alpha value is -1.10. The van der Waals surface area contributed by atoms with E-state index in [4.69, 9.17) is 9.84 Å². The van der Waals surface area contributed by atoms with Crippen molar-refractivity contribution in [1.29, 1.82) is 0 Å². The smallest absolute Gasteiger partial charge is 0.326 e. The summed E-state index contributed by atoms with van der Waals surface area (Å²) >= 11 is 0. The summed E-state index contributed by atoms with van der Waals surface area (Å²) in [6.45, 7) is 4.88. The quantitative estimate of drug-likeness (QED) is 0.781. The van der Waals surface area contributed by atoms with Gasteiger partial charge in [-0.05, 0) is 18.3 Å². The first kappa shape index (κ1) is 14.0. The predicted molar refractivity (Wildman–Crippen MR) is 62.6 cm³/mol. The molecule has 1 heterocycles. The van der Waals surface area contributed by atoms with E-state index in [0.29, 0.717) is 19.6 Å². The lowest BCUT2D eigenvalue weighted by atomic mass is 10.0. The normalized spacial score (nSPS) is 25.9. The first-order chi connectivity index (χ1) is 7.97. The van der Waals surface area contributed by atoms with Gasteiger partial charge in [-0.2, -0.15) is 0 Å². The van der Waals surface area contributed by atoms with Gasteiger partial charge in [0, 0.05) is 26.7 Å². The van der Waals surface area contributed by atoms with Crippen molar-refractivity contribution >= 4 is 11.9 Å². The summed E-state index contributed by atoms with van der Waals surface area (Å²) in [6, 6.07) is -0.655. The number of likely N-dealkylation sites (tertiary alicyclic amines) is 1. The number of aliphatic carboxylic acids is 1. The van der Waals surface area contributed by atoms with Crippen molar-refractivity contribution < 1.29 is 19.4 Å². The molecule has 1 aliphatic rings. The van der Waals surface area contributed by atoms with Crippen LogP contribution in [-0.2, 0) is 14.3 Å². The van der Waals surface area contributed by atoms with Crippen LogP contribution >= 0.6 is 0 Å². The second-order valence-electron chi connectivity index (χ2n) is 4.90. The van der Waals surface area contributed by atoms with Crippen LogP contribution in [0.1, 0.15) is 26.7 Å². The van der Waals surface area contributed by atoms with Crippen molar-refractivity contribution in [3.05, 3.63) is 0 Å². The van der Waals surface area contributed by atoms with Crippen molar-refractivity contribution in [2.24, 2.45) is 11.8 Å². The van der Waals surface area contributed by atoms with Crippen LogP contribution in [0, 0.1) is 11.8 Å². The second kappa shape index (κ2) is 6.00. The molecule has 0 aliphatic carbocycles. The van der Waals surface area contributed by atoms with Crippen molar-refractivity contribution in [3.8, 4) is 0 Å². The van der Waals surface area contributed by atoms with Gasteiger partial charge >= 0.3 is 5.97 Å². The molecule has 0 aromatic heterocycles. The van der Waals surface area contributed by atoms with E-state index in [9.17, 15) is 9.59 Å². The number of amides is 1. The molecule has 98 valence electrons. The molecule has 0 bridgehead atoms. The first-order valence-electron chi connectivity index (χ1n) is 5.98. The van der Waals surface area contributed by atoms with Gasteiger partial charge in [0.25, 0.3) is 0 Å². The maximum absolute atomic E-state index is 12.0. The summed E-state index contributed by atoms with van der Waals surface area (Å²) in [6.07, 6.45) is 1.12. The third kappa shape index (κ3) is 3.43. The Labute approximate surface area is 102 Å². The van der Waals surface area contributed by atoms with Crippen LogP contribution in [-0.4, -0.2) is 48.2 Å². The largest absolute Gasteiger partial charge is 0.480 e. The first-order valence-corrected chi connectivity index (χ1v) is 5.98. The van der Waals surface area contributed by atoms with Crippen molar-refractivity contribution in [2.75, 3.05) is 20.3 Å². The minimum atomic E-state index is -0.900. The number of ether oxygens (including phenoxy) is 1. The Morgan fingerprint density at radius 3 is 2.71 bits per heavy atom. The van der Waals surface area contributed by atoms with Crippen LogP contribution in [0.5, 0.6) is 0 Å². The zero-order valence-corrected chi connectivity index (χ0v) is 10.7. The van der Waals surface area contributed by atoms with E-state index in [2.05, 4.69) is 0 Å². The number of hydrogen-bond donors (Lipinski definition) is 1. The van der Waals surface area contributed by atoms with Gasteiger partial charge in [0.1, 0.15) is 6.04 Å². The van der Waals surface area contributed by atoms with E-state index in [-0.39, 0.29) is 17.7 Å². The van der Waals surface area contributed by atoms with E-state index in [1.54, 1.807) is 7.11 Å². The molecule has 1 saturated heterocycles. The molecule has 3 unspecified atom stereocenters. The Morgan fingerprint density at radius 2 is 2.18 bits per heavy atom. The molecule has 0 spiro atoms. The van der Waals surface area contributed by atoms with Gasteiger partial charge in [0.15, 0.2) is 0 Å². The molecular formula is C12H21NO4. The lowest BCUT2D eigenvalue weighted by Gasteiger charge is -2.24. The Morgan fingerprint density at radius 1 is 1.53 bits per heavy atom. The van der Waals surface area contributed by atoms with E-state index >= 15 is 0 Å². The molecule has 0 radical (unpaired) electrons. The van der Waals surface area contributed by atoms with Gasteiger partial charge < -0.3 is 14.7 Å². The highest BCUT2D eigenvalue weighted by Gasteiger charge is 2.39.